The van der Waals surface area contributed by atoms with E-state index in [0.717, 1.165) is 6.07 Å². The van der Waals surface area contributed by atoms with Crippen molar-refractivity contribution >= 4 is 11.6 Å². The van der Waals surface area contributed by atoms with Crippen LogP contribution in [0.15, 0.2) is 18.2 Å². The van der Waals surface area contributed by atoms with E-state index in [2.05, 4.69) is 0 Å². The molecule has 0 saturated heterocycles. The summed E-state index contributed by atoms with van der Waals surface area (Å²) < 4.78 is 43.3. The van der Waals surface area contributed by atoms with Gasteiger partial charge in [0, 0.05) is 5.88 Å². The first-order valence-electron chi connectivity index (χ1n) is 5.29. The lowest BCUT2D eigenvalue weighted by Gasteiger charge is -2.14. The normalized spacial score (nSPS) is 11.1. The second-order valence-electron chi connectivity index (χ2n) is 3.57. The van der Waals surface area contributed by atoms with Crippen LogP contribution >= 0.6 is 11.6 Å². The number of unbranched alkanes of at least 4 members (excludes halogenated alkanes) is 1. The Balaban J connectivity index is 2.87. The van der Waals surface area contributed by atoms with Gasteiger partial charge in [-0.25, -0.2) is 0 Å². The maximum atomic E-state index is 12.7. The number of rotatable bonds is 5. The number of alkyl halides is 4. The standard InChI is InChI=1S/C12H11ClF3NO/c13-5-1-2-6-18-11-4-3-9(8-17)7-10(11)12(14,15)16/h3-4,7H,1-2,5-6H2. The van der Waals surface area contributed by atoms with Gasteiger partial charge in [0.15, 0.2) is 0 Å². The highest BCUT2D eigenvalue weighted by atomic mass is 35.5. The fourth-order valence-electron chi connectivity index (χ4n) is 1.33. The van der Waals surface area contributed by atoms with Crippen LogP contribution in [0.2, 0.25) is 0 Å². The molecule has 0 atom stereocenters. The molecule has 0 aromatic heterocycles. The van der Waals surface area contributed by atoms with Crippen LogP contribution in [0.1, 0.15) is 24.0 Å². The van der Waals surface area contributed by atoms with Crippen LogP contribution in [-0.2, 0) is 6.18 Å². The topological polar surface area (TPSA) is 33.0 Å². The molecule has 0 N–H and O–H groups in total. The van der Waals surface area contributed by atoms with Crippen molar-refractivity contribution in [1.29, 1.82) is 5.26 Å². The molecule has 1 aromatic rings. The molecule has 6 heteroatoms. The Bertz CT molecular complexity index is 440. The van der Waals surface area contributed by atoms with Crippen LogP contribution in [-0.4, -0.2) is 12.5 Å². The molecule has 0 unspecified atom stereocenters. The molecule has 0 heterocycles. The Morgan fingerprint density at radius 2 is 2.00 bits per heavy atom. The molecular weight excluding hydrogens is 267 g/mol. The maximum Gasteiger partial charge on any atom is 0.420 e. The van der Waals surface area contributed by atoms with E-state index in [0.29, 0.717) is 18.7 Å². The molecule has 98 valence electrons. The van der Waals surface area contributed by atoms with Gasteiger partial charge < -0.3 is 4.74 Å². The number of nitriles is 1. The summed E-state index contributed by atoms with van der Waals surface area (Å²) >= 11 is 5.46. The summed E-state index contributed by atoms with van der Waals surface area (Å²) in [7, 11) is 0. The smallest absolute Gasteiger partial charge is 0.420 e. The Hall–Kier alpha value is -1.41. The fourth-order valence-corrected chi connectivity index (χ4v) is 1.51. The number of hydrogen-bond acceptors (Lipinski definition) is 2. The van der Waals surface area contributed by atoms with E-state index in [1.165, 1.54) is 12.1 Å². The minimum Gasteiger partial charge on any atom is -0.493 e. The monoisotopic (exact) mass is 277 g/mol. The van der Waals surface area contributed by atoms with Crippen LogP contribution in [0.25, 0.3) is 0 Å². The first kappa shape index (κ1) is 14.7. The zero-order chi connectivity index (χ0) is 13.6. The fraction of sp³-hybridized carbons (Fsp3) is 0.417. The van der Waals surface area contributed by atoms with E-state index < -0.39 is 11.7 Å². The highest BCUT2D eigenvalue weighted by Crippen LogP contribution is 2.36. The highest BCUT2D eigenvalue weighted by Gasteiger charge is 2.34. The second kappa shape index (κ2) is 6.50. The molecule has 0 bridgehead atoms. The summed E-state index contributed by atoms with van der Waals surface area (Å²) in [5.74, 6) is 0.194. The van der Waals surface area contributed by atoms with E-state index in [4.69, 9.17) is 21.6 Å². The Morgan fingerprint density at radius 3 is 2.56 bits per heavy atom. The van der Waals surface area contributed by atoms with Crippen LogP contribution in [0.3, 0.4) is 0 Å². The van der Waals surface area contributed by atoms with E-state index in [1.807, 2.05) is 0 Å². The number of ether oxygens (including phenoxy) is 1. The third kappa shape index (κ3) is 4.11. The number of hydrogen-bond donors (Lipinski definition) is 0. The van der Waals surface area contributed by atoms with Crippen molar-refractivity contribution < 1.29 is 17.9 Å². The van der Waals surface area contributed by atoms with E-state index >= 15 is 0 Å². The first-order valence-corrected chi connectivity index (χ1v) is 5.82. The van der Waals surface area contributed by atoms with Gasteiger partial charge >= 0.3 is 6.18 Å². The SMILES string of the molecule is N#Cc1ccc(OCCCCCl)c(C(F)(F)F)c1. The van der Waals surface area contributed by atoms with Gasteiger partial charge in [0.25, 0.3) is 0 Å². The van der Waals surface area contributed by atoms with E-state index in [-0.39, 0.29) is 17.9 Å². The Kier molecular flexibility index (Phi) is 5.29. The van der Waals surface area contributed by atoms with Crippen molar-refractivity contribution in [2.75, 3.05) is 12.5 Å². The molecular formula is C12H11ClF3NO. The summed E-state index contributed by atoms with van der Waals surface area (Å²) in [6, 6.07) is 4.93. The summed E-state index contributed by atoms with van der Waals surface area (Å²) in [5, 5.41) is 8.59. The largest absolute Gasteiger partial charge is 0.493 e. The van der Waals surface area contributed by atoms with Crippen molar-refractivity contribution in [3.05, 3.63) is 29.3 Å². The maximum absolute atomic E-state index is 12.7. The third-order valence-corrected chi connectivity index (χ3v) is 2.47. The predicted molar refractivity (Wildman–Crippen MR) is 61.6 cm³/mol. The minimum atomic E-state index is -4.53. The van der Waals surface area contributed by atoms with Crippen molar-refractivity contribution in [2.24, 2.45) is 0 Å². The van der Waals surface area contributed by atoms with Crippen LogP contribution < -0.4 is 4.74 Å². The van der Waals surface area contributed by atoms with E-state index in [9.17, 15) is 13.2 Å². The quantitative estimate of drug-likeness (QED) is 0.602. The molecule has 0 amide bonds. The van der Waals surface area contributed by atoms with Gasteiger partial charge in [0.2, 0.25) is 0 Å². The third-order valence-electron chi connectivity index (χ3n) is 2.20. The lowest BCUT2D eigenvalue weighted by Crippen LogP contribution is -2.10. The number of benzene rings is 1. The average molecular weight is 278 g/mol. The summed E-state index contributed by atoms with van der Waals surface area (Å²) in [6.07, 6.45) is -3.27. The molecule has 0 aliphatic rings. The van der Waals surface area contributed by atoms with Crippen LogP contribution in [0.5, 0.6) is 5.75 Å². The predicted octanol–water partition coefficient (Wildman–Crippen LogP) is 3.97. The lowest BCUT2D eigenvalue weighted by atomic mass is 10.1. The molecule has 0 fully saturated rings. The highest BCUT2D eigenvalue weighted by molar-refractivity contribution is 6.17. The Morgan fingerprint density at radius 1 is 1.28 bits per heavy atom. The average Bonchev–Trinajstić information content (AvgIpc) is 2.33. The van der Waals surface area contributed by atoms with Gasteiger partial charge in [-0.3, -0.25) is 0 Å². The summed E-state index contributed by atoms with van der Waals surface area (Å²) in [5.41, 5.74) is -0.970. The van der Waals surface area contributed by atoms with Gasteiger partial charge in [0.1, 0.15) is 5.75 Å². The molecule has 1 rings (SSSR count). The molecule has 0 aliphatic carbocycles. The molecule has 0 spiro atoms. The van der Waals surface area contributed by atoms with Gasteiger partial charge in [0.05, 0.1) is 23.8 Å². The van der Waals surface area contributed by atoms with Gasteiger partial charge in [-0.2, -0.15) is 18.4 Å². The zero-order valence-electron chi connectivity index (χ0n) is 9.43. The number of halogens is 4. The van der Waals surface area contributed by atoms with Crippen molar-refractivity contribution in [1.82, 2.24) is 0 Å². The molecule has 0 radical (unpaired) electrons. The zero-order valence-corrected chi connectivity index (χ0v) is 10.2. The molecule has 1 aromatic carbocycles. The van der Waals surface area contributed by atoms with Gasteiger partial charge in [-0.05, 0) is 31.0 Å². The summed E-state index contributed by atoms with van der Waals surface area (Å²) in [6.45, 7) is 0.168. The van der Waals surface area contributed by atoms with Gasteiger partial charge in [-0.1, -0.05) is 0 Å². The lowest BCUT2D eigenvalue weighted by molar-refractivity contribution is -0.139. The van der Waals surface area contributed by atoms with Crippen LogP contribution in [0, 0.1) is 11.3 Å². The van der Waals surface area contributed by atoms with Crippen molar-refractivity contribution in [3.8, 4) is 11.8 Å². The molecule has 0 saturated carbocycles. The van der Waals surface area contributed by atoms with Crippen LogP contribution in [0.4, 0.5) is 13.2 Å². The minimum absolute atomic E-state index is 0.0459. The van der Waals surface area contributed by atoms with Gasteiger partial charge in [-0.15, -0.1) is 11.6 Å². The van der Waals surface area contributed by atoms with Crippen molar-refractivity contribution in [3.63, 3.8) is 0 Å². The molecule has 18 heavy (non-hydrogen) atoms. The second-order valence-corrected chi connectivity index (χ2v) is 3.94. The Labute approximate surface area is 108 Å². The van der Waals surface area contributed by atoms with E-state index in [1.54, 1.807) is 6.07 Å². The first-order chi connectivity index (χ1) is 8.49. The van der Waals surface area contributed by atoms with Crippen molar-refractivity contribution in [2.45, 2.75) is 19.0 Å². The summed E-state index contributed by atoms with van der Waals surface area (Å²) in [4.78, 5) is 0. The molecule has 2 nitrogen and oxygen atoms in total. The number of nitrogens with zero attached hydrogens (tertiary/aromatic N) is 1. The molecule has 0 aliphatic heterocycles.